The molecule has 248 valence electrons. The Morgan fingerprint density at radius 2 is 1.15 bits per heavy atom. The van der Waals surface area contributed by atoms with Crippen molar-refractivity contribution in [3.8, 4) is 0 Å². The Morgan fingerprint density at radius 1 is 0.707 bits per heavy atom. The van der Waals surface area contributed by atoms with Gasteiger partial charge in [-0.25, -0.2) is 0 Å². The molecule has 0 bridgehead atoms. The minimum absolute atomic E-state index is 0.158. The summed E-state index contributed by atoms with van der Waals surface area (Å²) in [4.78, 5) is 31.1. The largest absolute Gasteiger partial charge is 0.462 e. The van der Waals surface area contributed by atoms with Gasteiger partial charge in [-0.05, 0) is 19.8 Å². The molecule has 2 unspecified atom stereocenters. The molecule has 0 spiro atoms. The van der Waals surface area contributed by atoms with Gasteiger partial charge in [0.1, 0.15) is 13.2 Å². The van der Waals surface area contributed by atoms with E-state index in [2.05, 4.69) is 28.1 Å². The highest BCUT2D eigenvalue weighted by Gasteiger charge is 2.31. The van der Waals surface area contributed by atoms with E-state index in [4.69, 9.17) is 14.6 Å². The predicted octanol–water partition coefficient (Wildman–Crippen LogP) is 7.82. The fourth-order valence-corrected chi connectivity index (χ4v) is 5.29. The number of hydrogen-bond acceptors (Lipinski definition) is 5. The molecule has 0 amide bonds. The van der Waals surface area contributed by atoms with Gasteiger partial charge in [-0.3, -0.25) is 9.36 Å². The van der Waals surface area contributed by atoms with E-state index >= 15 is 0 Å². The molecular formula is C32H69NO7P+. The third-order valence-corrected chi connectivity index (χ3v) is 8.30. The molecule has 41 heavy (non-hydrogen) atoms. The van der Waals surface area contributed by atoms with Gasteiger partial charge >= 0.3 is 13.6 Å². The van der Waals surface area contributed by atoms with Crippen LogP contribution in [0.25, 0.3) is 0 Å². The summed E-state index contributed by atoms with van der Waals surface area (Å²) in [6.07, 6.45) is 23.5. The second-order valence-electron chi connectivity index (χ2n) is 12.4. The Labute approximate surface area is 253 Å². The van der Waals surface area contributed by atoms with Gasteiger partial charge in [0, 0.05) is 6.61 Å². The fraction of sp³-hybridized carbons (Fsp3) is 0.969. The molecule has 0 fully saturated rings. The van der Waals surface area contributed by atoms with E-state index in [-0.39, 0.29) is 25.1 Å². The van der Waals surface area contributed by atoms with Gasteiger partial charge in [0.15, 0.2) is 5.85 Å². The van der Waals surface area contributed by atoms with E-state index < -0.39 is 20.0 Å². The molecule has 0 aliphatic heterocycles. The van der Waals surface area contributed by atoms with Crippen LogP contribution in [0.3, 0.4) is 0 Å². The summed E-state index contributed by atoms with van der Waals surface area (Å²) in [5.74, 6) is -1.93. The molecule has 0 radical (unpaired) electrons. The van der Waals surface area contributed by atoms with E-state index in [1.807, 2.05) is 6.92 Å². The van der Waals surface area contributed by atoms with Crippen LogP contribution in [0.2, 0.25) is 0 Å². The van der Waals surface area contributed by atoms with Crippen LogP contribution < -0.4 is 0 Å². The lowest BCUT2D eigenvalue weighted by Crippen LogP contribution is -2.36. The first-order valence-electron chi connectivity index (χ1n) is 16.7. The number of rotatable bonds is 27. The summed E-state index contributed by atoms with van der Waals surface area (Å²) in [5.41, 5.74) is 0. The maximum Gasteiger partial charge on any atom is 0.357 e. The number of quaternary nitrogens is 1. The third kappa shape index (κ3) is 30.8. The van der Waals surface area contributed by atoms with Crippen molar-refractivity contribution in [2.24, 2.45) is 5.92 Å². The van der Waals surface area contributed by atoms with Crippen molar-refractivity contribution in [2.45, 2.75) is 149 Å². The van der Waals surface area contributed by atoms with Crippen LogP contribution in [0.15, 0.2) is 0 Å². The Hall–Kier alpha value is -0.500. The quantitative estimate of drug-likeness (QED) is 0.0376. The standard InChI is InChI=1S/C27H55O6P.C5H14NO/c1-4-7-8-9-10-11-12-13-14-15-16-17-18-19-20-21-23-25(22-5-2)27(28)33-24-26(32-6-3)34(29,30)31;1-6(2,3)4-5-7/h25-26H,4-24H2,1-3H3,(H2,29,30,31);7H,4-5H2,1-3H3/q;+1. The predicted molar refractivity (Wildman–Crippen MR) is 171 cm³/mol. The molecule has 0 aromatic carbocycles. The maximum atomic E-state index is 12.4. The highest BCUT2D eigenvalue weighted by atomic mass is 31.2. The van der Waals surface area contributed by atoms with Crippen molar-refractivity contribution >= 4 is 13.6 Å². The van der Waals surface area contributed by atoms with Crippen LogP contribution in [0.4, 0.5) is 0 Å². The number of nitrogens with zero attached hydrogens (tertiary/aromatic N) is 1. The van der Waals surface area contributed by atoms with E-state index in [1.165, 1.54) is 89.9 Å². The number of carbonyl (C=O) groups excluding carboxylic acids is 1. The summed E-state index contributed by atoms with van der Waals surface area (Å²) in [6, 6.07) is 0. The first-order valence-corrected chi connectivity index (χ1v) is 18.4. The highest BCUT2D eigenvalue weighted by Crippen LogP contribution is 2.42. The second kappa shape index (κ2) is 28.3. The maximum absolute atomic E-state index is 12.4. The number of unbranched alkanes of at least 4 members (excludes halogenated alkanes) is 15. The van der Waals surface area contributed by atoms with Crippen molar-refractivity contribution < 1.29 is 38.2 Å². The number of carbonyl (C=O) groups is 1. The number of esters is 1. The van der Waals surface area contributed by atoms with Crippen LogP contribution in [0, 0.1) is 5.92 Å². The van der Waals surface area contributed by atoms with Gasteiger partial charge < -0.3 is 28.9 Å². The van der Waals surface area contributed by atoms with Crippen molar-refractivity contribution in [1.29, 1.82) is 0 Å². The molecule has 9 heteroatoms. The Bertz CT molecular complexity index is 622. The molecule has 0 aliphatic rings. The number of aliphatic hydroxyl groups excluding tert-OH is 1. The molecule has 3 N–H and O–H groups in total. The summed E-state index contributed by atoms with van der Waals surface area (Å²) >= 11 is 0. The molecule has 0 aromatic heterocycles. The van der Waals surface area contributed by atoms with Gasteiger partial charge in [-0.2, -0.15) is 0 Å². The zero-order valence-corrected chi connectivity index (χ0v) is 28.7. The molecular weight excluding hydrogens is 541 g/mol. The van der Waals surface area contributed by atoms with Crippen LogP contribution in [0.1, 0.15) is 143 Å². The first-order chi connectivity index (χ1) is 19.4. The van der Waals surface area contributed by atoms with Crippen LogP contribution in [0.5, 0.6) is 0 Å². The Balaban J connectivity index is 0. The number of likely N-dealkylation sites (N-methyl/N-ethyl adjacent to an activating group) is 1. The van der Waals surface area contributed by atoms with Crippen molar-refractivity contribution in [3.63, 3.8) is 0 Å². The Morgan fingerprint density at radius 3 is 1.46 bits per heavy atom. The van der Waals surface area contributed by atoms with E-state index in [0.717, 1.165) is 43.1 Å². The normalized spacial score (nSPS) is 13.4. The smallest absolute Gasteiger partial charge is 0.357 e. The molecule has 0 heterocycles. The first kappa shape index (κ1) is 42.6. The molecule has 0 rings (SSSR count). The molecule has 0 aliphatic carbocycles. The van der Waals surface area contributed by atoms with Gasteiger partial charge in [0.2, 0.25) is 0 Å². The minimum Gasteiger partial charge on any atom is -0.462 e. The lowest BCUT2D eigenvalue weighted by Gasteiger charge is -2.21. The van der Waals surface area contributed by atoms with Gasteiger partial charge in [0.05, 0.1) is 33.7 Å². The summed E-state index contributed by atoms with van der Waals surface area (Å²) in [6.45, 7) is 6.84. The molecule has 0 aromatic rings. The molecule has 2 atom stereocenters. The SMILES string of the molecule is CCCCCCCCCCCCCCCCCCC(CCC)C(=O)OCC(OCC)P(=O)(O)O.C[N+](C)(C)CCO. The minimum atomic E-state index is -4.45. The number of hydrogen-bond donors (Lipinski definition) is 3. The molecule has 8 nitrogen and oxygen atoms in total. The van der Waals surface area contributed by atoms with Crippen molar-refractivity contribution in [1.82, 2.24) is 0 Å². The van der Waals surface area contributed by atoms with E-state index in [9.17, 15) is 19.1 Å². The summed E-state index contributed by atoms with van der Waals surface area (Å²) in [7, 11) is 1.71. The summed E-state index contributed by atoms with van der Waals surface area (Å²) < 4.78 is 22.6. The lowest BCUT2D eigenvalue weighted by atomic mass is 9.96. The fourth-order valence-electron chi connectivity index (χ4n) is 4.67. The van der Waals surface area contributed by atoms with Crippen molar-refractivity contribution in [3.05, 3.63) is 0 Å². The number of ether oxygens (including phenoxy) is 2. The van der Waals surface area contributed by atoms with Crippen molar-refractivity contribution in [2.75, 3.05) is 47.5 Å². The average Bonchev–Trinajstić information content (AvgIpc) is 2.89. The number of aliphatic hydroxyl groups is 1. The monoisotopic (exact) mass is 610 g/mol. The van der Waals surface area contributed by atoms with Gasteiger partial charge in [0.25, 0.3) is 0 Å². The van der Waals surface area contributed by atoms with Gasteiger partial charge in [-0.15, -0.1) is 0 Å². The third-order valence-electron chi connectivity index (χ3n) is 7.25. The average molecular weight is 611 g/mol. The van der Waals surface area contributed by atoms with Crippen LogP contribution in [-0.2, 0) is 18.8 Å². The summed E-state index contributed by atoms with van der Waals surface area (Å²) in [5, 5.41) is 8.39. The van der Waals surface area contributed by atoms with E-state index in [1.54, 1.807) is 6.92 Å². The second-order valence-corrected chi connectivity index (χ2v) is 14.2. The Kier molecular flexibility index (Phi) is 29.4. The van der Waals surface area contributed by atoms with Gasteiger partial charge in [-0.1, -0.05) is 123 Å². The highest BCUT2D eigenvalue weighted by molar-refractivity contribution is 7.52. The lowest BCUT2D eigenvalue weighted by molar-refractivity contribution is -0.870. The zero-order valence-electron chi connectivity index (χ0n) is 27.8. The topological polar surface area (TPSA) is 113 Å². The van der Waals surface area contributed by atoms with E-state index in [0.29, 0.717) is 0 Å². The zero-order chi connectivity index (χ0) is 31.4. The molecule has 0 saturated carbocycles. The van der Waals surface area contributed by atoms with Crippen LogP contribution >= 0.6 is 7.60 Å². The van der Waals surface area contributed by atoms with Crippen LogP contribution in [-0.4, -0.2) is 78.7 Å². The molecule has 0 saturated heterocycles.